The fourth-order valence-corrected chi connectivity index (χ4v) is 5.25. The van der Waals surface area contributed by atoms with Crippen LogP contribution in [0.4, 0.5) is 0 Å². The average Bonchev–Trinajstić information content (AvgIpc) is 3.13. The molecule has 0 radical (unpaired) electrons. The zero-order valence-electron chi connectivity index (χ0n) is 15.3. The van der Waals surface area contributed by atoms with E-state index in [1.54, 1.807) is 28.6 Å². The molecule has 0 unspecified atom stereocenters. The summed E-state index contributed by atoms with van der Waals surface area (Å²) < 4.78 is 34.4. The highest BCUT2D eigenvalue weighted by molar-refractivity contribution is 7.89. The van der Waals surface area contributed by atoms with Crippen molar-refractivity contribution in [1.82, 2.24) is 14.1 Å². The van der Waals surface area contributed by atoms with Crippen molar-refractivity contribution >= 4 is 10.0 Å². The van der Waals surface area contributed by atoms with Gasteiger partial charge in [0.25, 0.3) is 5.56 Å². The Morgan fingerprint density at radius 2 is 1.96 bits per heavy atom. The van der Waals surface area contributed by atoms with Crippen LogP contribution in [-0.2, 0) is 23.0 Å². The van der Waals surface area contributed by atoms with Crippen molar-refractivity contribution in [3.8, 4) is 5.75 Å². The summed E-state index contributed by atoms with van der Waals surface area (Å²) in [5, 5.41) is 4.28. The summed E-state index contributed by atoms with van der Waals surface area (Å²) in [5.41, 5.74) is 1.64. The summed E-state index contributed by atoms with van der Waals surface area (Å²) in [5.74, 6) is 1.03. The van der Waals surface area contributed by atoms with E-state index in [2.05, 4.69) is 5.10 Å². The van der Waals surface area contributed by atoms with Gasteiger partial charge in [-0.2, -0.15) is 9.40 Å². The molecular weight excluding hydrogens is 366 g/mol. The van der Waals surface area contributed by atoms with Crippen LogP contribution in [-0.4, -0.2) is 42.2 Å². The van der Waals surface area contributed by atoms with E-state index >= 15 is 0 Å². The standard InChI is InChI=1S/C19H23N3O4S/c1-14-2-5-19(23)22(20-14)13-15-6-9-21(10-7-15)27(24,25)17-3-4-18-16(12-17)8-11-26-18/h2-5,12,15H,6-11,13H2,1H3. The third kappa shape index (κ3) is 3.64. The minimum Gasteiger partial charge on any atom is -0.493 e. The van der Waals surface area contributed by atoms with E-state index in [1.807, 2.05) is 6.92 Å². The number of benzene rings is 1. The van der Waals surface area contributed by atoms with Gasteiger partial charge in [0.05, 0.1) is 17.2 Å². The Labute approximate surface area is 158 Å². The van der Waals surface area contributed by atoms with E-state index in [4.69, 9.17) is 4.74 Å². The molecule has 1 fully saturated rings. The summed E-state index contributed by atoms with van der Waals surface area (Å²) in [6.07, 6.45) is 2.18. The van der Waals surface area contributed by atoms with Crippen molar-refractivity contribution in [2.24, 2.45) is 5.92 Å². The van der Waals surface area contributed by atoms with Crippen LogP contribution in [0.3, 0.4) is 0 Å². The van der Waals surface area contributed by atoms with Crippen LogP contribution in [0.2, 0.25) is 0 Å². The fraction of sp³-hybridized carbons (Fsp3) is 0.474. The maximum atomic E-state index is 13.0. The van der Waals surface area contributed by atoms with E-state index in [9.17, 15) is 13.2 Å². The molecule has 0 aliphatic carbocycles. The molecule has 1 aromatic heterocycles. The van der Waals surface area contributed by atoms with Crippen LogP contribution in [0.15, 0.2) is 40.0 Å². The number of aromatic nitrogens is 2. The van der Waals surface area contributed by atoms with Gasteiger partial charge >= 0.3 is 0 Å². The first-order chi connectivity index (χ1) is 12.9. The number of sulfonamides is 1. The van der Waals surface area contributed by atoms with Gasteiger partial charge in [0, 0.05) is 32.1 Å². The summed E-state index contributed by atoms with van der Waals surface area (Å²) >= 11 is 0. The van der Waals surface area contributed by atoms with Crippen molar-refractivity contribution < 1.29 is 13.2 Å². The number of rotatable bonds is 4. The first kappa shape index (κ1) is 18.2. The van der Waals surface area contributed by atoms with Gasteiger partial charge in [0.1, 0.15) is 5.75 Å². The van der Waals surface area contributed by atoms with Gasteiger partial charge in [-0.1, -0.05) is 0 Å². The Hall–Kier alpha value is -2.19. The second-order valence-corrected chi connectivity index (χ2v) is 9.15. The smallest absolute Gasteiger partial charge is 0.266 e. The topological polar surface area (TPSA) is 81.5 Å². The number of fused-ring (bicyclic) bond motifs is 1. The van der Waals surface area contributed by atoms with Gasteiger partial charge in [0.2, 0.25) is 10.0 Å². The van der Waals surface area contributed by atoms with E-state index < -0.39 is 10.0 Å². The quantitative estimate of drug-likeness (QED) is 0.793. The van der Waals surface area contributed by atoms with Crippen LogP contribution in [0, 0.1) is 12.8 Å². The third-order valence-corrected chi connectivity index (χ3v) is 7.20. The summed E-state index contributed by atoms with van der Waals surface area (Å²) in [6, 6.07) is 8.34. The number of piperidine rings is 1. The van der Waals surface area contributed by atoms with Crippen LogP contribution >= 0.6 is 0 Å². The summed E-state index contributed by atoms with van der Waals surface area (Å²) in [6.45, 7) is 3.91. The lowest BCUT2D eigenvalue weighted by Crippen LogP contribution is -2.40. The highest BCUT2D eigenvalue weighted by Crippen LogP contribution is 2.30. The Kier molecular flexibility index (Phi) is 4.77. The van der Waals surface area contributed by atoms with Crippen molar-refractivity contribution in [3.63, 3.8) is 0 Å². The molecule has 2 aliphatic heterocycles. The Balaban J connectivity index is 1.44. The zero-order chi connectivity index (χ0) is 19.0. The van der Waals surface area contributed by atoms with Gasteiger partial charge in [-0.15, -0.1) is 0 Å². The van der Waals surface area contributed by atoms with Crippen molar-refractivity contribution in [2.45, 2.75) is 37.6 Å². The van der Waals surface area contributed by atoms with Crippen LogP contribution in [0.5, 0.6) is 5.75 Å². The molecule has 27 heavy (non-hydrogen) atoms. The maximum Gasteiger partial charge on any atom is 0.266 e. The number of hydrogen-bond donors (Lipinski definition) is 0. The number of hydrogen-bond acceptors (Lipinski definition) is 5. The Bertz CT molecular complexity index is 1010. The zero-order valence-corrected chi connectivity index (χ0v) is 16.1. The largest absolute Gasteiger partial charge is 0.493 e. The highest BCUT2D eigenvalue weighted by atomic mass is 32.2. The molecule has 7 nitrogen and oxygen atoms in total. The molecule has 0 atom stereocenters. The van der Waals surface area contributed by atoms with Crippen molar-refractivity contribution in [1.29, 1.82) is 0 Å². The first-order valence-electron chi connectivity index (χ1n) is 9.24. The van der Waals surface area contributed by atoms with Gasteiger partial charge in [-0.3, -0.25) is 4.79 Å². The monoisotopic (exact) mass is 389 g/mol. The normalized spacial score (nSPS) is 18.3. The van der Waals surface area contributed by atoms with Gasteiger partial charge in [-0.25, -0.2) is 13.1 Å². The van der Waals surface area contributed by atoms with Crippen molar-refractivity contribution in [2.75, 3.05) is 19.7 Å². The molecule has 4 rings (SSSR count). The summed E-state index contributed by atoms with van der Waals surface area (Å²) in [4.78, 5) is 12.3. The molecule has 8 heteroatoms. The van der Waals surface area contributed by atoms with Crippen LogP contribution < -0.4 is 10.3 Å². The number of aryl methyl sites for hydroxylation is 1. The predicted octanol–water partition coefficient (Wildman–Crippen LogP) is 1.59. The van der Waals surface area contributed by atoms with Gasteiger partial charge in [0.15, 0.2) is 0 Å². The van der Waals surface area contributed by atoms with E-state index in [-0.39, 0.29) is 11.5 Å². The lowest BCUT2D eigenvalue weighted by atomic mass is 9.98. The molecular formula is C19H23N3O4S. The third-order valence-electron chi connectivity index (χ3n) is 5.30. The van der Waals surface area contributed by atoms with Gasteiger partial charge in [-0.05, 0) is 55.5 Å². The molecule has 0 N–H and O–H groups in total. The minimum absolute atomic E-state index is 0.115. The SMILES string of the molecule is Cc1ccc(=O)n(CC2CCN(S(=O)(=O)c3ccc4c(c3)CCO4)CC2)n1. The molecule has 0 saturated carbocycles. The van der Waals surface area contributed by atoms with E-state index in [0.29, 0.717) is 31.1 Å². The Morgan fingerprint density at radius 3 is 2.74 bits per heavy atom. The van der Waals surface area contributed by atoms with Crippen LogP contribution in [0.25, 0.3) is 0 Å². The lowest BCUT2D eigenvalue weighted by molar-refractivity contribution is 0.244. The molecule has 0 amide bonds. The predicted molar refractivity (Wildman–Crippen MR) is 100 cm³/mol. The second kappa shape index (κ2) is 7.09. The molecule has 1 saturated heterocycles. The first-order valence-corrected chi connectivity index (χ1v) is 10.7. The molecule has 144 valence electrons. The maximum absolute atomic E-state index is 13.0. The lowest BCUT2D eigenvalue weighted by Gasteiger charge is -2.31. The Morgan fingerprint density at radius 1 is 1.19 bits per heavy atom. The number of ether oxygens (including phenoxy) is 1. The molecule has 2 aliphatic rings. The highest BCUT2D eigenvalue weighted by Gasteiger charge is 2.30. The van der Waals surface area contributed by atoms with Gasteiger partial charge < -0.3 is 4.74 Å². The fourth-order valence-electron chi connectivity index (χ4n) is 3.73. The second-order valence-electron chi connectivity index (χ2n) is 7.21. The molecule has 0 bridgehead atoms. The van der Waals surface area contributed by atoms with Crippen molar-refractivity contribution in [3.05, 3.63) is 51.9 Å². The average molecular weight is 389 g/mol. The molecule has 2 aromatic rings. The number of nitrogens with zero attached hydrogens (tertiary/aromatic N) is 3. The van der Waals surface area contributed by atoms with E-state index in [1.165, 1.54) is 10.7 Å². The molecule has 1 aromatic carbocycles. The summed E-state index contributed by atoms with van der Waals surface area (Å²) in [7, 11) is -3.50. The van der Waals surface area contributed by atoms with Crippen LogP contribution in [0.1, 0.15) is 24.1 Å². The van der Waals surface area contributed by atoms with E-state index in [0.717, 1.165) is 36.3 Å². The molecule has 3 heterocycles. The molecule has 0 spiro atoms. The minimum atomic E-state index is -3.50.